The molecule has 2 fully saturated rings. The smallest absolute Gasteiger partial charge is 0.333 e. The van der Waals surface area contributed by atoms with Gasteiger partial charge in [-0.15, -0.1) is 0 Å². The van der Waals surface area contributed by atoms with E-state index in [-0.39, 0.29) is 41.0 Å². The number of hydrogen-bond acceptors (Lipinski definition) is 9. The summed E-state index contributed by atoms with van der Waals surface area (Å²) in [5.41, 5.74) is -0.439. The highest BCUT2D eigenvalue weighted by molar-refractivity contribution is 6.19. The molecule has 9 nitrogen and oxygen atoms in total. The van der Waals surface area contributed by atoms with Crippen molar-refractivity contribution >= 4 is 23.6 Å². The molecule has 3 aliphatic heterocycles. The third-order valence-electron chi connectivity index (χ3n) is 12.5. The van der Waals surface area contributed by atoms with Crippen molar-refractivity contribution in [2.24, 2.45) is 11.8 Å². The quantitative estimate of drug-likeness (QED) is 0.0813. The highest BCUT2D eigenvalue weighted by atomic mass is 16.6. The number of Topliss-reactive ketones (excluding diaryl/α,β-unsaturated/α-hetero) is 2. The first-order chi connectivity index (χ1) is 25.9. The predicted octanol–water partition coefficient (Wildman–Crippen LogP) is 8.82. The van der Waals surface area contributed by atoms with Crippen molar-refractivity contribution in [3.05, 3.63) is 69.4 Å². The first-order valence-corrected chi connectivity index (χ1v) is 20.3. The molecular weight excluding hydrogens is 695 g/mol. The van der Waals surface area contributed by atoms with Crippen molar-refractivity contribution in [2.45, 2.75) is 137 Å². The number of phenols is 1. The second kappa shape index (κ2) is 15.2. The van der Waals surface area contributed by atoms with Crippen molar-refractivity contribution in [2.75, 3.05) is 26.2 Å². The van der Waals surface area contributed by atoms with Crippen LogP contribution in [-0.2, 0) is 25.5 Å². The normalized spacial score (nSPS) is 28.1. The minimum Gasteiger partial charge on any atom is -0.506 e. The Morgan fingerprint density at radius 3 is 2.36 bits per heavy atom. The molecule has 55 heavy (non-hydrogen) atoms. The lowest BCUT2D eigenvalue weighted by atomic mass is 9.51. The second-order valence-corrected chi connectivity index (χ2v) is 17.3. The summed E-state index contributed by atoms with van der Waals surface area (Å²) in [5, 5.41) is 11.9. The standard InChI is InChI=1S/C46H61NO8/c1-11-47(12-2)24-13-14-25-52-42(51)30(7)19-23-45-41(50)31-26-34-38(49)36-37(48)32-20-22-44(10,21-15-16-28(3)4)53-39(32)33(18-17-29(5)6)40(36)54-46(34,45)35(27-31)43(8,9)55-45/h16-17,19-20,22,26,31,35,48H,11-15,18,21,23-25,27H2,1-10H3/b30-19-. The fourth-order valence-electron chi connectivity index (χ4n) is 9.42. The van der Waals surface area contributed by atoms with E-state index in [0.29, 0.717) is 53.9 Å². The molecule has 0 radical (unpaired) electrons. The van der Waals surface area contributed by atoms with Crippen LogP contribution >= 0.6 is 0 Å². The van der Waals surface area contributed by atoms with E-state index in [1.165, 1.54) is 5.57 Å². The lowest BCUT2D eigenvalue weighted by molar-refractivity contribution is -0.171. The van der Waals surface area contributed by atoms with E-state index in [4.69, 9.17) is 18.9 Å². The molecule has 9 heteroatoms. The van der Waals surface area contributed by atoms with Gasteiger partial charge < -0.3 is 29.0 Å². The molecular formula is C46H61NO8. The number of ketones is 2. The summed E-state index contributed by atoms with van der Waals surface area (Å²) in [6.07, 6.45) is 15.6. The van der Waals surface area contributed by atoms with Crippen LogP contribution in [0.2, 0.25) is 0 Å². The van der Waals surface area contributed by atoms with Gasteiger partial charge in [0, 0.05) is 35.0 Å². The molecule has 0 aromatic heterocycles. The molecule has 298 valence electrons. The number of fused-ring (bicyclic) bond motifs is 2. The maximum Gasteiger partial charge on any atom is 0.333 e. The summed E-state index contributed by atoms with van der Waals surface area (Å²) in [6.45, 7) is 23.3. The number of phenolic OH excluding ortho intramolecular Hbond substituents is 1. The maximum absolute atomic E-state index is 15.0. The zero-order chi connectivity index (χ0) is 40.1. The Kier molecular flexibility index (Phi) is 11.2. The molecule has 5 unspecified atom stereocenters. The predicted molar refractivity (Wildman–Crippen MR) is 215 cm³/mol. The van der Waals surface area contributed by atoms with Gasteiger partial charge in [0.25, 0.3) is 0 Å². The number of esters is 1. The minimum atomic E-state index is -1.59. The molecule has 1 spiro atoms. The summed E-state index contributed by atoms with van der Waals surface area (Å²) < 4.78 is 26.7. The number of carbonyl (C=O) groups excluding carboxylic acids is 3. The number of nitrogens with zero attached hydrogens (tertiary/aromatic N) is 1. The van der Waals surface area contributed by atoms with Crippen molar-refractivity contribution in [1.82, 2.24) is 4.90 Å². The largest absolute Gasteiger partial charge is 0.506 e. The average molecular weight is 756 g/mol. The number of hydrogen-bond donors (Lipinski definition) is 1. The zero-order valence-electron chi connectivity index (χ0n) is 34.6. The van der Waals surface area contributed by atoms with Crippen molar-refractivity contribution in [1.29, 1.82) is 0 Å². The molecule has 1 aromatic carbocycles. The molecule has 6 aliphatic rings. The molecule has 3 heterocycles. The van der Waals surface area contributed by atoms with Crippen LogP contribution in [0.5, 0.6) is 17.2 Å². The SMILES string of the molecule is CCN(CC)CCCCOC(=O)/C(C)=C\CC12OC(C)(C)C3CC(C=C4C(=O)c5c(O)c6c(c(CC=C(C)C)c5OC431)OC(C)(CCC=C(C)C)C=C6)C2=O. The van der Waals surface area contributed by atoms with Gasteiger partial charge in [0.05, 0.1) is 17.8 Å². The maximum atomic E-state index is 15.0. The Labute approximate surface area is 327 Å². The van der Waals surface area contributed by atoms with Gasteiger partial charge in [-0.05, 0) is 126 Å². The minimum absolute atomic E-state index is 0.0208. The van der Waals surface area contributed by atoms with Crippen molar-refractivity contribution in [3.8, 4) is 17.2 Å². The average Bonchev–Trinajstić information content (AvgIpc) is 3.28. The summed E-state index contributed by atoms with van der Waals surface area (Å²) >= 11 is 0. The number of allylic oxidation sites excluding steroid dienone is 5. The van der Waals surface area contributed by atoms with E-state index >= 15 is 0 Å². The highest BCUT2D eigenvalue weighted by Crippen LogP contribution is 2.68. The lowest BCUT2D eigenvalue weighted by Gasteiger charge is -2.56. The number of benzene rings is 1. The van der Waals surface area contributed by atoms with Crippen molar-refractivity contribution in [3.63, 3.8) is 0 Å². The van der Waals surface area contributed by atoms with Gasteiger partial charge in [0.1, 0.15) is 28.4 Å². The molecule has 5 atom stereocenters. The summed E-state index contributed by atoms with van der Waals surface area (Å²) in [4.78, 5) is 45.2. The fraction of sp³-hybridized carbons (Fsp3) is 0.587. The summed E-state index contributed by atoms with van der Waals surface area (Å²) in [7, 11) is 0. The van der Waals surface area contributed by atoms with E-state index in [9.17, 15) is 19.5 Å². The van der Waals surface area contributed by atoms with Crippen LogP contribution in [0.3, 0.4) is 0 Å². The van der Waals surface area contributed by atoms with Crippen LogP contribution in [0.4, 0.5) is 0 Å². The van der Waals surface area contributed by atoms with Crippen LogP contribution in [0.15, 0.2) is 52.7 Å². The Hall–Kier alpha value is -3.95. The number of unbranched alkanes of at least 4 members (excludes halogenated alkanes) is 1. The monoisotopic (exact) mass is 755 g/mol. The Balaban J connectivity index is 1.40. The van der Waals surface area contributed by atoms with Crippen molar-refractivity contribution < 1.29 is 38.4 Å². The van der Waals surface area contributed by atoms with E-state index in [2.05, 4.69) is 44.7 Å². The number of carbonyl (C=O) groups is 3. The van der Waals surface area contributed by atoms with Gasteiger partial charge in [-0.1, -0.05) is 49.3 Å². The molecule has 1 saturated heterocycles. The molecule has 3 aliphatic carbocycles. The Bertz CT molecular complexity index is 1900. The third-order valence-corrected chi connectivity index (χ3v) is 12.5. The summed E-state index contributed by atoms with van der Waals surface area (Å²) in [6, 6.07) is 0. The third kappa shape index (κ3) is 6.94. The van der Waals surface area contributed by atoms with E-state index < -0.39 is 34.3 Å². The first kappa shape index (κ1) is 40.7. The molecule has 0 amide bonds. The van der Waals surface area contributed by atoms with Gasteiger partial charge in [0.15, 0.2) is 22.8 Å². The molecule has 4 bridgehead atoms. The van der Waals surface area contributed by atoms with Crippen LogP contribution in [0.1, 0.15) is 129 Å². The van der Waals surface area contributed by atoms with Crippen LogP contribution in [0, 0.1) is 11.8 Å². The second-order valence-electron chi connectivity index (χ2n) is 17.3. The van der Waals surface area contributed by atoms with E-state index in [0.717, 1.165) is 44.5 Å². The van der Waals surface area contributed by atoms with Gasteiger partial charge in [-0.2, -0.15) is 0 Å². The van der Waals surface area contributed by atoms with Crippen LogP contribution < -0.4 is 9.47 Å². The first-order valence-electron chi connectivity index (χ1n) is 20.3. The molecule has 7 rings (SSSR count). The van der Waals surface area contributed by atoms with Crippen LogP contribution in [-0.4, -0.2) is 76.2 Å². The molecule has 1 aromatic rings. The van der Waals surface area contributed by atoms with E-state index in [1.54, 1.807) is 19.1 Å². The van der Waals surface area contributed by atoms with Gasteiger partial charge >= 0.3 is 5.97 Å². The van der Waals surface area contributed by atoms with Gasteiger partial charge in [-0.3, -0.25) is 9.59 Å². The van der Waals surface area contributed by atoms with Gasteiger partial charge in [-0.25, -0.2) is 4.79 Å². The zero-order valence-corrected chi connectivity index (χ0v) is 34.6. The fourth-order valence-corrected chi connectivity index (χ4v) is 9.42. The number of rotatable bonds is 15. The number of ether oxygens (including phenoxy) is 4. The molecule has 1 N–H and O–H groups in total. The lowest BCUT2D eigenvalue weighted by Crippen LogP contribution is -2.72. The highest BCUT2D eigenvalue weighted by Gasteiger charge is 2.81. The number of aromatic hydroxyl groups is 1. The Morgan fingerprint density at radius 2 is 1.69 bits per heavy atom. The topological polar surface area (TPSA) is 112 Å². The van der Waals surface area contributed by atoms with Crippen LogP contribution in [0.25, 0.3) is 6.08 Å². The Morgan fingerprint density at radius 1 is 0.982 bits per heavy atom. The summed E-state index contributed by atoms with van der Waals surface area (Å²) in [5.74, 6) is -1.41. The van der Waals surface area contributed by atoms with E-state index in [1.807, 2.05) is 46.8 Å². The molecule has 1 saturated carbocycles. The van der Waals surface area contributed by atoms with Gasteiger partial charge in [0.2, 0.25) is 0 Å².